The normalized spacial score (nSPS) is 12.0. The summed E-state index contributed by atoms with van der Waals surface area (Å²) in [5.41, 5.74) is 3.98. The number of aromatic nitrogens is 4. The molecule has 7 heteroatoms. The molecule has 0 aliphatic heterocycles. The molecule has 1 heterocycles. The van der Waals surface area contributed by atoms with Crippen molar-refractivity contribution in [3.8, 4) is 22.5 Å². The number of rotatable bonds is 7. The number of hydrogen-bond acceptors (Lipinski definition) is 5. The first-order valence-corrected chi connectivity index (χ1v) is 8.07. The second-order valence-electron chi connectivity index (χ2n) is 5.66. The summed E-state index contributed by atoms with van der Waals surface area (Å²) in [5, 5.41) is 26.3. The topological polar surface area (TPSA) is 104 Å². The molecule has 7 nitrogen and oxygen atoms in total. The zero-order valence-corrected chi connectivity index (χ0v) is 13.8. The molecule has 1 atom stereocenters. The molecule has 0 radical (unpaired) electrons. The van der Waals surface area contributed by atoms with Crippen LogP contribution < -0.4 is 5.32 Å². The van der Waals surface area contributed by atoms with Crippen LogP contribution in [0.15, 0.2) is 48.5 Å². The summed E-state index contributed by atoms with van der Waals surface area (Å²) in [7, 11) is 0. The highest BCUT2D eigenvalue weighted by Crippen LogP contribution is 2.29. The van der Waals surface area contributed by atoms with Gasteiger partial charge >= 0.3 is 5.97 Å². The largest absolute Gasteiger partial charge is 0.480 e. The van der Waals surface area contributed by atoms with Crippen LogP contribution in [0, 0.1) is 0 Å². The summed E-state index contributed by atoms with van der Waals surface area (Å²) in [6, 6.07) is 15.3. The van der Waals surface area contributed by atoms with Gasteiger partial charge in [0.2, 0.25) is 5.82 Å². The van der Waals surface area contributed by atoms with Crippen LogP contribution in [0.3, 0.4) is 0 Å². The summed E-state index contributed by atoms with van der Waals surface area (Å²) in [4.78, 5) is 11.1. The number of nitrogens with zero attached hydrogens (tertiary/aromatic N) is 3. The molecule has 3 aromatic rings. The van der Waals surface area contributed by atoms with E-state index in [1.807, 2.05) is 55.5 Å². The number of carbonyl (C=O) groups is 1. The molecule has 2 aromatic carbocycles. The third-order valence-electron chi connectivity index (χ3n) is 4.04. The predicted octanol–water partition coefficient (Wildman–Crippen LogP) is 2.49. The van der Waals surface area contributed by atoms with Crippen LogP contribution in [0.1, 0.15) is 18.9 Å². The van der Waals surface area contributed by atoms with Crippen LogP contribution in [-0.4, -0.2) is 37.7 Å². The van der Waals surface area contributed by atoms with Gasteiger partial charge in [0.25, 0.3) is 0 Å². The minimum atomic E-state index is -0.826. The van der Waals surface area contributed by atoms with Crippen molar-refractivity contribution in [3.63, 3.8) is 0 Å². The second-order valence-corrected chi connectivity index (χ2v) is 5.66. The Kier molecular flexibility index (Phi) is 5.15. The molecule has 0 aliphatic carbocycles. The Morgan fingerprint density at radius 2 is 1.88 bits per heavy atom. The molecule has 25 heavy (non-hydrogen) atoms. The minimum Gasteiger partial charge on any atom is -0.480 e. The van der Waals surface area contributed by atoms with E-state index in [1.165, 1.54) is 0 Å². The van der Waals surface area contributed by atoms with Gasteiger partial charge < -0.3 is 10.4 Å². The number of carboxylic acid groups (broad SMARTS) is 1. The highest BCUT2D eigenvalue weighted by atomic mass is 16.4. The van der Waals surface area contributed by atoms with Crippen LogP contribution in [0.5, 0.6) is 0 Å². The number of aliphatic carboxylic acids is 1. The molecule has 3 N–H and O–H groups in total. The minimum absolute atomic E-state index is 0.511. The number of nitrogens with one attached hydrogen (secondary N) is 2. The maximum atomic E-state index is 11.1. The number of tetrazole rings is 1. The van der Waals surface area contributed by atoms with E-state index >= 15 is 0 Å². The summed E-state index contributed by atoms with van der Waals surface area (Å²) >= 11 is 0. The number of aromatic amines is 1. The first kappa shape index (κ1) is 16.8. The van der Waals surface area contributed by atoms with Gasteiger partial charge in [-0.3, -0.25) is 4.79 Å². The van der Waals surface area contributed by atoms with E-state index in [9.17, 15) is 4.79 Å². The predicted molar refractivity (Wildman–Crippen MR) is 93.6 cm³/mol. The highest BCUT2D eigenvalue weighted by Gasteiger charge is 2.14. The average Bonchev–Trinajstić information content (AvgIpc) is 3.17. The van der Waals surface area contributed by atoms with Crippen molar-refractivity contribution in [2.45, 2.75) is 25.9 Å². The smallest absolute Gasteiger partial charge is 0.320 e. The Morgan fingerprint density at radius 1 is 1.16 bits per heavy atom. The fraction of sp³-hybridized carbons (Fsp3) is 0.222. The lowest BCUT2D eigenvalue weighted by Crippen LogP contribution is -2.35. The maximum absolute atomic E-state index is 11.1. The molecule has 0 fully saturated rings. The summed E-state index contributed by atoms with van der Waals surface area (Å²) in [6.07, 6.45) is 0.547. The molecule has 0 bridgehead atoms. The Hall–Kier alpha value is -3.06. The number of carboxylic acids is 1. The zero-order valence-electron chi connectivity index (χ0n) is 13.8. The molecule has 128 valence electrons. The Morgan fingerprint density at radius 3 is 2.48 bits per heavy atom. The summed E-state index contributed by atoms with van der Waals surface area (Å²) < 4.78 is 0. The van der Waals surface area contributed by atoms with Crippen LogP contribution in [0.4, 0.5) is 0 Å². The van der Waals surface area contributed by atoms with Crippen molar-refractivity contribution in [1.29, 1.82) is 0 Å². The number of benzene rings is 2. The molecule has 0 unspecified atom stereocenters. The van der Waals surface area contributed by atoms with Crippen molar-refractivity contribution in [1.82, 2.24) is 25.9 Å². The fourth-order valence-corrected chi connectivity index (χ4v) is 2.66. The number of H-pyrrole nitrogens is 1. The molecule has 0 amide bonds. The van der Waals surface area contributed by atoms with Crippen LogP contribution >= 0.6 is 0 Å². The molecule has 0 saturated heterocycles. The molecular formula is C18H19N5O2. The summed E-state index contributed by atoms with van der Waals surface area (Å²) in [6.45, 7) is 2.36. The fourth-order valence-electron chi connectivity index (χ4n) is 2.66. The SMILES string of the molecule is CC[C@H](NCc1ccc(-c2ccccc2-c2nn[nH]n2)cc1)C(=O)O. The lowest BCUT2D eigenvalue weighted by atomic mass is 9.98. The monoisotopic (exact) mass is 337 g/mol. The van der Waals surface area contributed by atoms with Gasteiger partial charge in [0.15, 0.2) is 0 Å². The van der Waals surface area contributed by atoms with Crippen molar-refractivity contribution in [3.05, 3.63) is 54.1 Å². The van der Waals surface area contributed by atoms with Gasteiger partial charge in [-0.05, 0) is 28.3 Å². The summed E-state index contributed by atoms with van der Waals surface area (Å²) in [5.74, 6) is -0.276. The van der Waals surface area contributed by atoms with Gasteiger partial charge in [-0.15, -0.1) is 10.2 Å². The molecule has 0 aliphatic rings. The van der Waals surface area contributed by atoms with Crippen molar-refractivity contribution in [2.75, 3.05) is 0 Å². The van der Waals surface area contributed by atoms with Gasteiger partial charge in [0.1, 0.15) is 6.04 Å². The Labute approximate surface area is 145 Å². The van der Waals surface area contributed by atoms with Gasteiger partial charge in [-0.25, -0.2) is 0 Å². The quantitative estimate of drug-likeness (QED) is 0.612. The zero-order chi connectivity index (χ0) is 17.6. The van der Waals surface area contributed by atoms with Crippen molar-refractivity contribution < 1.29 is 9.90 Å². The Bertz CT molecular complexity index is 831. The van der Waals surface area contributed by atoms with Gasteiger partial charge in [-0.2, -0.15) is 5.21 Å². The van der Waals surface area contributed by atoms with Crippen molar-refractivity contribution >= 4 is 5.97 Å². The van der Waals surface area contributed by atoms with Crippen molar-refractivity contribution in [2.24, 2.45) is 0 Å². The molecule has 1 aromatic heterocycles. The Balaban J connectivity index is 1.79. The lowest BCUT2D eigenvalue weighted by Gasteiger charge is -2.13. The molecule has 0 saturated carbocycles. The third kappa shape index (κ3) is 3.89. The first-order chi connectivity index (χ1) is 12.2. The van der Waals surface area contributed by atoms with E-state index in [-0.39, 0.29) is 0 Å². The molecular weight excluding hydrogens is 318 g/mol. The number of hydrogen-bond donors (Lipinski definition) is 3. The third-order valence-corrected chi connectivity index (χ3v) is 4.04. The lowest BCUT2D eigenvalue weighted by molar-refractivity contribution is -0.139. The average molecular weight is 337 g/mol. The van der Waals surface area contributed by atoms with Crippen LogP contribution in [0.25, 0.3) is 22.5 Å². The highest BCUT2D eigenvalue weighted by molar-refractivity contribution is 5.80. The van der Waals surface area contributed by atoms with Crippen LogP contribution in [0.2, 0.25) is 0 Å². The van der Waals surface area contributed by atoms with E-state index in [2.05, 4.69) is 25.9 Å². The van der Waals surface area contributed by atoms with E-state index in [0.717, 1.165) is 22.3 Å². The molecule has 0 spiro atoms. The van der Waals surface area contributed by atoms with E-state index in [1.54, 1.807) is 0 Å². The molecule has 3 rings (SSSR count). The van der Waals surface area contributed by atoms with Gasteiger partial charge in [0, 0.05) is 12.1 Å². The first-order valence-electron chi connectivity index (χ1n) is 8.07. The maximum Gasteiger partial charge on any atom is 0.320 e. The van der Waals surface area contributed by atoms with E-state index in [0.29, 0.717) is 18.8 Å². The van der Waals surface area contributed by atoms with Gasteiger partial charge in [-0.1, -0.05) is 55.5 Å². The van der Waals surface area contributed by atoms with E-state index in [4.69, 9.17) is 5.11 Å². The van der Waals surface area contributed by atoms with Crippen LogP contribution in [-0.2, 0) is 11.3 Å². The van der Waals surface area contributed by atoms with Gasteiger partial charge in [0.05, 0.1) is 0 Å². The second kappa shape index (κ2) is 7.67. The van der Waals surface area contributed by atoms with E-state index < -0.39 is 12.0 Å². The standard InChI is InChI=1S/C18H19N5O2/c1-2-16(18(24)25)19-11-12-7-9-13(10-8-12)14-5-3-4-6-15(14)17-20-22-23-21-17/h3-10,16,19H,2,11H2,1H3,(H,24,25)(H,20,21,22,23)/t16-/m0/s1.